The molecule has 0 fully saturated rings. The van der Waals surface area contributed by atoms with Crippen LogP contribution in [0.2, 0.25) is 0 Å². The summed E-state index contributed by atoms with van der Waals surface area (Å²) in [6.07, 6.45) is 18.9. The number of nitrogens with zero attached hydrogens (tertiary/aromatic N) is 1. The molecule has 0 aliphatic carbocycles. The Morgan fingerprint density at radius 1 is 1.04 bits per heavy atom. The molecule has 26 heavy (non-hydrogen) atoms. The maximum absolute atomic E-state index is 4.00. The van der Waals surface area contributed by atoms with Crippen molar-refractivity contribution in [2.45, 2.75) is 84.0 Å². The summed E-state index contributed by atoms with van der Waals surface area (Å²) in [7, 11) is 4.27. The number of unbranched alkanes of at least 4 members (excludes halogenated alkanes) is 2. The van der Waals surface area contributed by atoms with Gasteiger partial charge in [-0.15, -0.1) is 24.6 Å². The second-order valence-electron chi connectivity index (χ2n) is 7.18. The van der Waals surface area contributed by atoms with Gasteiger partial charge < -0.3 is 4.90 Å². The molecule has 0 atom stereocenters. The van der Waals surface area contributed by atoms with Gasteiger partial charge in [-0.2, -0.15) is 0 Å². The highest BCUT2D eigenvalue weighted by Crippen LogP contribution is 2.45. The van der Waals surface area contributed by atoms with Crippen LogP contribution in [0.3, 0.4) is 0 Å². The third-order valence-corrected chi connectivity index (χ3v) is 6.61. The van der Waals surface area contributed by atoms with Gasteiger partial charge in [0.1, 0.15) is 0 Å². The van der Waals surface area contributed by atoms with E-state index >= 15 is 0 Å². The minimum absolute atomic E-state index is 0.577. The van der Waals surface area contributed by atoms with Gasteiger partial charge in [0, 0.05) is 30.4 Å². The molecule has 2 heteroatoms. The Bertz CT molecular complexity index is 496. The van der Waals surface area contributed by atoms with Crippen molar-refractivity contribution >= 4 is 17.4 Å². The number of anilines is 1. The van der Waals surface area contributed by atoms with Crippen LogP contribution in [0, 0.1) is 18.3 Å². The van der Waals surface area contributed by atoms with E-state index in [0.29, 0.717) is 5.41 Å². The molecule has 1 aliphatic rings. The molecule has 1 nitrogen and oxygen atoms in total. The standard InChI is InChI=1S/C20H33NS.C2H6.C2H2/c1-5-7-12-20(13-8-6-2)14-11-17-15-18(21(3)4)9-10-19(17)22-16-20;2*1-2/h9-10,15H,5-8,11-14,16H2,1-4H3;1-2H3;1-2H. The number of terminal acetylenes is 1. The SMILES string of the molecule is C#C.CC.CCCCC1(CCCC)CCc2cc(N(C)C)ccc2SC1. The highest BCUT2D eigenvalue weighted by atomic mass is 32.2. The van der Waals surface area contributed by atoms with Crippen LogP contribution < -0.4 is 4.90 Å². The van der Waals surface area contributed by atoms with Crippen molar-refractivity contribution in [3.8, 4) is 12.8 Å². The Kier molecular flexibility index (Phi) is 13.5. The van der Waals surface area contributed by atoms with Crippen LogP contribution in [0.4, 0.5) is 5.69 Å². The lowest BCUT2D eigenvalue weighted by Crippen LogP contribution is -2.24. The first kappa shape index (κ1) is 24.9. The third-order valence-electron chi connectivity index (χ3n) is 5.14. The zero-order chi connectivity index (χ0) is 20.0. The average molecular weight is 376 g/mol. The second kappa shape index (κ2) is 14.0. The van der Waals surface area contributed by atoms with Crippen molar-refractivity contribution in [1.29, 1.82) is 0 Å². The molecule has 0 aromatic heterocycles. The summed E-state index contributed by atoms with van der Waals surface area (Å²) in [5.74, 6) is 1.32. The summed E-state index contributed by atoms with van der Waals surface area (Å²) < 4.78 is 0. The Morgan fingerprint density at radius 2 is 1.62 bits per heavy atom. The molecule has 0 unspecified atom stereocenters. The van der Waals surface area contributed by atoms with Gasteiger partial charge in [0.05, 0.1) is 0 Å². The zero-order valence-corrected chi connectivity index (χ0v) is 18.9. The van der Waals surface area contributed by atoms with Crippen LogP contribution in [0.1, 0.15) is 78.2 Å². The normalized spacial score (nSPS) is 14.6. The largest absolute Gasteiger partial charge is 0.378 e. The molecule has 2 rings (SSSR count). The summed E-state index contributed by atoms with van der Waals surface area (Å²) in [5, 5.41) is 0. The van der Waals surface area contributed by atoms with E-state index in [-0.39, 0.29) is 0 Å². The van der Waals surface area contributed by atoms with Crippen LogP contribution >= 0.6 is 11.8 Å². The molecule has 0 saturated heterocycles. The highest BCUT2D eigenvalue weighted by Gasteiger charge is 2.31. The Hall–Kier alpha value is -1.07. The molecule has 0 radical (unpaired) electrons. The van der Waals surface area contributed by atoms with Crippen molar-refractivity contribution in [2.75, 3.05) is 24.7 Å². The van der Waals surface area contributed by atoms with Crippen LogP contribution in [-0.2, 0) is 6.42 Å². The first-order valence-electron chi connectivity index (χ1n) is 10.4. The summed E-state index contributed by atoms with van der Waals surface area (Å²) in [4.78, 5) is 3.75. The molecule has 148 valence electrons. The van der Waals surface area contributed by atoms with E-state index in [4.69, 9.17) is 0 Å². The Balaban J connectivity index is 0.00000146. The minimum Gasteiger partial charge on any atom is -0.378 e. The number of benzene rings is 1. The van der Waals surface area contributed by atoms with Gasteiger partial charge in [-0.1, -0.05) is 53.4 Å². The van der Waals surface area contributed by atoms with E-state index in [1.165, 1.54) is 67.7 Å². The second-order valence-corrected chi connectivity index (χ2v) is 8.20. The van der Waals surface area contributed by atoms with Crippen LogP contribution in [0.25, 0.3) is 0 Å². The maximum Gasteiger partial charge on any atom is 0.0364 e. The molecular weight excluding hydrogens is 334 g/mol. The number of fused-ring (bicyclic) bond motifs is 1. The topological polar surface area (TPSA) is 3.24 Å². The maximum atomic E-state index is 4.00. The molecule has 0 bridgehead atoms. The fourth-order valence-corrected chi connectivity index (χ4v) is 4.91. The quantitative estimate of drug-likeness (QED) is 0.456. The van der Waals surface area contributed by atoms with Crippen LogP contribution in [0.5, 0.6) is 0 Å². The molecule has 0 saturated carbocycles. The molecule has 0 N–H and O–H groups in total. The number of rotatable bonds is 7. The van der Waals surface area contributed by atoms with E-state index in [9.17, 15) is 0 Å². The average Bonchev–Trinajstić information content (AvgIpc) is 2.88. The van der Waals surface area contributed by atoms with Gasteiger partial charge in [0.15, 0.2) is 0 Å². The Morgan fingerprint density at radius 3 is 2.12 bits per heavy atom. The van der Waals surface area contributed by atoms with E-state index in [0.717, 1.165) is 0 Å². The summed E-state index contributed by atoms with van der Waals surface area (Å²) in [5.41, 5.74) is 3.49. The van der Waals surface area contributed by atoms with Gasteiger partial charge in [-0.3, -0.25) is 0 Å². The van der Waals surface area contributed by atoms with E-state index in [1.54, 1.807) is 5.56 Å². The Labute approximate surface area is 168 Å². The summed E-state index contributed by atoms with van der Waals surface area (Å²) >= 11 is 2.12. The van der Waals surface area contributed by atoms with Crippen molar-refractivity contribution in [3.63, 3.8) is 0 Å². The van der Waals surface area contributed by atoms with E-state index in [2.05, 4.69) is 75.7 Å². The van der Waals surface area contributed by atoms with Gasteiger partial charge in [0.2, 0.25) is 0 Å². The molecular formula is C24H41NS. The lowest BCUT2D eigenvalue weighted by atomic mass is 9.75. The van der Waals surface area contributed by atoms with Crippen molar-refractivity contribution < 1.29 is 0 Å². The van der Waals surface area contributed by atoms with Crippen molar-refractivity contribution in [2.24, 2.45) is 5.41 Å². The van der Waals surface area contributed by atoms with Crippen molar-refractivity contribution in [1.82, 2.24) is 0 Å². The smallest absolute Gasteiger partial charge is 0.0364 e. The number of aryl methyl sites for hydroxylation is 1. The van der Waals surface area contributed by atoms with E-state index < -0.39 is 0 Å². The monoisotopic (exact) mass is 375 g/mol. The van der Waals surface area contributed by atoms with E-state index in [1.807, 2.05) is 13.8 Å². The fourth-order valence-electron chi connectivity index (χ4n) is 3.51. The van der Waals surface area contributed by atoms with Gasteiger partial charge in [-0.25, -0.2) is 0 Å². The first-order chi connectivity index (χ1) is 12.6. The van der Waals surface area contributed by atoms with Gasteiger partial charge in [-0.05, 0) is 54.9 Å². The minimum atomic E-state index is 0.577. The van der Waals surface area contributed by atoms with Crippen molar-refractivity contribution in [3.05, 3.63) is 23.8 Å². The fraction of sp³-hybridized carbons (Fsp3) is 0.667. The van der Waals surface area contributed by atoms with Gasteiger partial charge in [0.25, 0.3) is 0 Å². The lowest BCUT2D eigenvalue weighted by molar-refractivity contribution is 0.244. The highest BCUT2D eigenvalue weighted by molar-refractivity contribution is 7.99. The number of hydrogen-bond acceptors (Lipinski definition) is 2. The molecule has 1 aromatic rings. The predicted octanol–water partition coefficient (Wildman–Crippen LogP) is 7.43. The predicted molar refractivity (Wildman–Crippen MR) is 123 cm³/mol. The van der Waals surface area contributed by atoms with Crippen LogP contribution in [0.15, 0.2) is 23.1 Å². The lowest BCUT2D eigenvalue weighted by Gasteiger charge is -2.32. The zero-order valence-electron chi connectivity index (χ0n) is 18.1. The number of hydrogen-bond donors (Lipinski definition) is 0. The number of thioether (sulfide) groups is 1. The molecule has 1 aliphatic heterocycles. The molecule has 1 aromatic carbocycles. The molecule has 1 heterocycles. The molecule has 0 spiro atoms. The third kappa shape index (κ3) is 7.67. The first-order valence-corrected chi connectivity index (χ1v) is 11.3. The summed E-state index contributed by atoms with van der Waals surface area (Å²) in [6, 6.07) is 7.04. The molecule has 0 amide bonds. The summed E-state index contributed by atoms with van der Waals surface area (Å²) in [6.45, 7) is 8.66. The van der Waals surface area contributed by atoms with Gasteiger partial charge >= 0.3 is 0 Å². The van der Waals surface area contributed by atoms with Crippen LogP contribution in [-0.4, -0.2) is 19.8 Å².